The Morgan fingerprint density at radius 2 is 1.92 bits per heavy atom. The summed E-state index contributed by atoms with van der Waals surface area (Å²) in [5, 5.41) is 0. The summed E-state index contributed by atoms with van der Waals surface area (Å²) in [5.41, 5.74) is 0. The Morgan fingerprint density at radius 3 is 2.42 bits per heavy atom. The first-order valence-corrected chi connectivity index (χ1v) is 6.54. The van der Waals surface area contributed by atoms with Crippen molar-refractivity contribution >= 4 is 24.4 Å². The fourth-order valence-corrected chi connectivity index (χ4v) is 2.09. The third-order valence-electron chi connectivity index (χ3n) is 1.71. The SMILES string of the molecule is CCCN(CCS)CCSCC. The Balaban J connectivity index is 3.34. The molecule has 0 amide bonds. The van der Waals surface area contributed by atoms with Crippen molar-refractivity contribution < 1.29 is 0 Å². The molecule has 1 nitrogen and oxygen atoms in total. The molecule has 0 aliphatic rings. The highest BCUT2D eigenvalue weighted by molar-refractivity contribution is 7.99. The molecule has 12 heavy (non-hydrogen) atoms. The van der Waals surface area contributed by atoms with E-state index in [0.717, 1.165) is 12.3 Å². The maximum absolute atomic E-state index is 4.25. The van der Waals surface area contributed by atoms with Crippen LogP contribution in [-0.2, 0) is 0 Å². The van der Waals surface area contributed by atoms with Gasteiger partial charge in [-0.1, -0.05) is 13.8 Å². The fourth-order valence-electron chi connectivity index (χ4n) is 1.13. The first kappa shape index (κ1) is 12.7. The lowest BCUT2D eigenvalue weighted by atomic mass is 10.4. The third kappa shape index (κ3) is 7.32. The summed E-state index contributed by atoms with van der Waals surface area (Å²) in [5.74, 6) is 3.49. The molecule has 0 aromatic rings. The van der Waals surface area contributed by atoms with Gasteiger partial charge in [-0.05, 0) is 18.7 Å². The number of hydrogen-bond acceptors (Lipinski definition) is 3. The molecule has 0 aromatic carbocycles. The van der Waals surface area contributed by atoms with E-state index in [2.05, 4.69) is 31.4 Å². The quantitative estimate of drug-likeness (QED) is 0.481. The lowest BCUT2D eigenvalue weighted by Crippen LogP contribution is -2.29. The first-order valence-electron chi connectivity index (χ1n) is 4.76. The van der Waals surface area contributed by atoms with E-state index in [-0.39, 0.29) is 0 Å². The van der Waals surface area contributed by atoms with Crippen LogP contribution in [0.1, 0.15) is 20.3 Å². The number of hydrogen-bond donors (Lipinski definition) is 1. The summed E-state index contributed by atoms with van der Waals surface area (Å²) >= 11 is 6.27. The molecule has 74 valence electrons. The summed E-state index contributed by atoms with van der Waals surface area (Å²) in [6.07, 6.45) is 1.25. The van der Waals surface area contributed by atoms with Gasteiger partial charge >= 0.3 is 0 Å². The molecular weight excluding hydrogens is 186 g/mol. The summed E-state index contributed by atoms with van der Waals surface area (Å²) in [4.78, 5) is 2.50. The molecule has 0 fully saturated rings. The van der Waals surface area contributed by atoms with Gasteiger partial charge in [0.05, 0.1) is 0 Å². The molecule has 0 rings (SSSR count). The molecule has 0 bridgehead atoms. The van der Waals surface area contributed by atoms with Crippen LogP contribution in [0.5, 0.6) is 0 Å². The van der Waals surface area contributed by atoms with Crippen molar-refractivity contribution in [3.05, 3.63) is 0 Å². The fraction of sp³-hybridized carbons (Fsp3) is 1.00. The molecule has 0 heterocycles. The Morgan fingerprint density at radius 1 is 1.17 bits per heavy atom. The molecule has 0 radical (unpaired) electrons. The average Bonchev–Trinajstić information content (AvgIpc) is 2.06. The second kappa shape index (κ2) is 9.75. The Labute approximate surface area is 86.7 Å². The molecular formula is C9H21NS2. The van der Waals surface area contributed by atoms with Crippen molar-refractivity contribution in [3.8, 4) is 0 Å². The monoisotopic (exact) mass is 207 g/mol. The second-order valence-electron chi connectivity index (χ2n) is 2.76. The highest BCUT2D eigenvalue weighted by atomic mass is 32.2. The highest BCUT2D eigenvalue weighted by Crippen LogP contribution is 2.00. The van der Waals surface area contributed by atoms with Crippen molar-refractivity contribution in [2.75, 3.05) is 36.9 Å². The van der Waals surface area contributed by atoms with E-state index in [1.165, 1.54) is 31.0 Å². The molecule has 0 atom stereocenters. The lowest BCUT2D eigenvalue weighted by Gasteiger charge is -2.19. The summed E-state index contributed by atoms with van der Waals surface area (Å²) in [6, 6.07) is 0. The van der Waals surface area contributed by atoms with Crippen LogP contribution >= 0.6 is 24.4 Å². The Hall–Kier alpha value is 0.660. The Kier molecular flexibility index (Phi) is 10.3. The molecule has 0 saturated heterocycles. The number of thioether (sulfide) groups is 1. The van der Waals surface area contributed by atoms with Crippen LogP contribution in [0.2, 0.25) is 0 Å². The van der Waals surface area contributed by atoms with Crippen molar-refractivity contribution in [3.63, 3.8) is 0 Å². The van der Waals surface area contributed by atoms with E-state index in [1.54, 1.807) is 0 Å². The Bertz CT molecular complexity index is 82.6. The molecule has 0 saturated carbocycles. The zero-order valence-corrected chi connectivity index (χ0v) is 9.96. The van der Waals surface area contributed by atoms with Crippen molar-refractivity contribution in [1.29, 1.82) is 0 Å². The van der Waals surface area contributed by atoms with Gasteiger partial charge in [0.25, 0.3) is 0 Å². The first-order chi connectivity index (χ1) is 5.85. The van der Waals surface area contributed by atoms with Gasteiger partial charge in [0, 0.05) is 24.6 Å². The van der Waals surface area contributed by atoms with Gasteiger partial charge in [0.15, 0.2) is 0 Å². The molecule has 0 unspecified atom stereocenters. The third-order valence-corrected chi connectivity index (χ3v) is 2.79. The molecule has 3 heteroatoms. The van der Waals surface area contributed by atoms with Crippen LogP contribution in [0, 0.1) is 0 Å². The molecule has 0 N–H and O–H groups in total. The number of rotatable bonds is 8. The average molecular weight is 207 g/mol. The minimum absolute atomic E-state index is 0.983. The van der Waals surface area contributed by atoms with Crippen LogP contribution in [0.15, 0.2) is 0 Å². The van der Waals surface area contributed by atoms with Crippen molar-refractivity contribution in [1.82, 2.24) is 4.90 Å². The van der Waals surface area contributed by atoms with Crippen LogP contribution in [0.4, 0.5) is 0 Å². The zero-order valence-electron chi connectivity index (χ0n) is 8.25. The summed E-state index contributed by atoms with van der Waals surface area (Å²) < 4.78 is 0. The normalized spacial score (nSPS) is 11.0. The molecule has 0 aromatic heterocycles. The number of nitrogens with zero attached hydrogens (tertiary/aromatic N) is 1. The largest absolute Gasteiger partial charge is 0.302 e. The molecule has 0 aliphatic heterocycles. The van der Waals surface area contributed by atoms with Gasteiger partial charge in [-0.2, -0.15) is 24.4 Å². The number of thiol groups is 1. The van der Waals surface area contributed by atoms with E-state index < -0.39 is 0 Å². The van der Waals surface area contributed by atoms with Crippen LogP contribution in [0.3, 0.4) is 0 Å². The van der Waals surface area contributed by atoms with E-state index in [1.807, 2.05) is 11.8 Å². The second-order valence-corrected chi connectivity index (χ2v) is 4.60. The minimum atomic E-state index is 0.983. The van der Waals surface area contributed by atoms with Gasteiger partial charge in [-0.25, -0.2) is 0 Å². The topological polar surface area (TPSA) is 3.24 Å². The van der Waals surface area contributed by atoms with Crippen LogP contribution in [0.25, 0.3) is 0 Å². The summed E-state index contributed by atoms with van der Waals surface area (Å²) in [6.45, 7) is 8.05. The van der Waals surface area contributed by atoms with Crippen LogP contribution < -0.4 is 0 Å². The maximum Gasteiger partial charge on any atom is 0.00727 e. The van der Waals surface area contributed by atoms with Crippen molar-refractivity contribution in [2.24, 2.45) is 0 Å². The minimum Gasteiger partial charge on any atom is -0.302 e. The van der Waals surface area contributed by atoms with Crippen molar-refractivity contribution in [2.45, 2.75) is 20.3 Å². The smallest absolute Gasteiger partial charge is 0.00727 e. The van der Waals surface area contributed by atoms with Gasteiger partial charge < -0.3 is 4.90 Å². The highest BCUT2D eigenvalue weighted by Gasteiger charge is 2.00. The van der Waals surface area contributed by atoms with Gasteiger partial charge in [-0.3, -0.25) is 0 Å². The lowest BCUT2D eigenvalue weighted by molar-refractivity contribution is 0.310. The zero-order chi connectivity index (χ0) is 9.23. The van der Waals surface area contributed by atoms with Gasteiger partial charge in [0.1, 0.15) is 0 Å². The van der Waals surface area contributed by atoms with Gasteiger partial charge in [0.2, 0.25) is 0 Å². The maximum atomic E-state index is 4.25. The predicted molar refractivity (Wildman–Crippen MR) is 63.6 cm³/mol. The van der Waals surface area contributed by atoms with Crippen LogP contribution in [-0.4, -0.2) is 41.8 Å². The van der Waals surface area contributed by atoms with E-state index in [9.17, 15) is 0 Å². The molecule has 0 aliphatic carbocycles. The van der Waals surface area contributed by atoms with E-state index in [0.29, 0.717) is 0 Å². The summed E-state index contributed by atoms with van der Waals surface area (Å²) in [7, 11) is 0. The van der Waals surface area contributed by atoms with E-state index in [4.69, 9.17) is 0 Å². The standard InChI is InChI=1S/C9H21NS2/c1-3-5-10(6-8-11)7-9-12-4-2/h11H,3-9H2,1-2H3. The van der Waals surface area contributed by atoms with E-state index >= 15 is 0 Å². The molecule has 0 spiro atoms. The van der Waals surface area contributed by atoms with Gasteiger partial charge in [-0.15, -0.1) is 0 Å². The predicted octanol–water partition coefficient (Wildman–Crippen LogP) is 2.38.